The maximum absolute atomic E-state index is 13.8. The lowest BCUT2D eigenvalue weighted by Gasteiger charge is -2.27. The Labute approximate surface area is 199 Å². The molecule has 1 spiro atoms. The number of methoxy groups -OCH3 is 4. The van der Waals surface area contributed by atoms with Crippen molar-refractivity contribution in [3.63, 3.8) is 0 Å². The van der Waals surface area contributed by atoms with E-state index >= 15 is 0 Å². The molecule has 35 heavy (non-hydrogen) atoms. The molecule has 3 aliphatic rings. The van der Waals surface area contributed by atoms with E-state index in [2.05, 4.69) is 15.0 Å². The minimum Gasteiger partial charge on any atom is -0.493 e. The Kier molecular flexibility index (Phi) is 4.32. The average Bonchev–Trinajstić information content (AvgIpc) is 3.21. The Morgan fingerprint density at radius 2 is 1.91 bits per heavy atom. The minimum atomic E-state index is -0.648. The lowest BCUT2D eigenvalue weighted by Crippen LogP contribution is -2.33. The summed E-state index contributed by atoms with van der Waals surface area (Å²) < 4.78 is 21.2. The number of aromatic amines is 2. The molecule has 3 heterocycles. The van der Waals surface area contributed by atoms with Crippen molar-refractivity contribution >= 4 is 28.6 Å². The van der Waals surface area contributed by atoms with Crippen LogP contribution < -0.4 is 14.2 Å². The highest BCUT2D eigenvalue weighted by atomic mass is 16.5. The number of amides is 1. The fourth-order valence-corrected chi connectivity index (χ4v) is 5.57. The molecule has 2 fully saturated rings. The van der Waals surface area contributed by atoms with Crippen LogP contribution in [0.25, 0.3) is 10.9 Å². The maximum Gasteiger partial charge on any atom is 0.374 e. The summed E-state index contributed by atoms with van der Waals surface area (Å²) in [5.74, 6) is 0.0994. The fraction of sp³-hybridized carbons (Fsp3) is 0.333. The number of hydrogen-bond acceptors (Lipinski definition) is 8. The third kappa shape index (κ3) is 2.60. The summed E-state index contributed by atoms with van der Waals surface area (Å²) >= 11 is 0. The topological polar surface area (TPSA) is 136 Å². The highest BCUT2D eigenvalue weighted by Crippen LogP contribution is 2.66. The number of ketones is 1. The molecule has 2 atom stereocenters. The van der Waals surface area contributed by atoms with Gasteiger partial charge < -0.3 is 33.8 Å². The standard InChI is InChI=1S/C24H22N4O7/c1-32-14-5-11-12(8-25-16(11)19(34-3)18(14)33-2)22(30)28-9-10-7-24(10)15(28)6-13(29)17-20(24)27-21(26-17)23(31)35-4/h5-6,8,10,25H,7,9H2,1-4H3,(H,26,27)/t10-,24-/m1/s1. The molecule has 2 aliphatic carbocycles. The van der Waals surface area contributed by atoms with Gasteiger partial charge in [-0.15, -0.1) is 0 Å². The van der Waals surface area contributed by atoms with E-state index in [1.165, 1.54) is 34.5 Å². The van der Waals surface area contributed by atoms with Crippen LogP contribution in [0.3, 0.4) is 0 Å². The lowest BCUT2D eigenvalue weighted by atomic mass is 9.88. The van der Waals surface area contributed by atoms with Gasteiger partial charge in [-0.1, -0.05) is 0 Å². The van der Waals surface area contributed by atoms with Gasteiger partial charge in [0.25, 0.3) is 5.91 Å². The number of rotatable bonds is 5. The third-order valence-corrected chi connectivity index (χ3v) is 7.24. The molecule has 6 rings (SSSR count). The van der Waals surface area contributed by atoms with E-state index < -0.39 is 11.4 Å². The maximum atomic E-state index is 13.8. The minimum absolute atomic E-state index is 0.0185. The lowest BCUT2D eigenvalue weighted by molar-refractivity contribution is 0.0587. The second-order valence-corrected chi connectivity index (χ2v) is 8.75. The molecule has 2 N–H and O–H groups in total. The number of piperidine rings is 1. The molecule has 11 nitrogen and oxygen atoms in total. The summed E-state index contributed by atoms with van der Waals surface area (Å²) in [5.41, 5.74) is 1.87. The summed E-state index contributed by atoms with van der Waals surface area (Å²) in [4.78, 5) is 50.7. The van der Waals surface area contributed by atoms with Crippen LogP contribution in [-0.4, -0.2) is 72.5 Å². The van der Waals surface area contributed by atoms with Crippen LogP contribution in [0.15, 0.2) is 24.0 Å². The molecule has 1 amide bonds. The van der Waals surface area contributed by atoms with Crippen molar-refractivity contribution in [2.45, 2.75) is 11.8 Å². The molecule has 3 aromatic rings. The van der Waals surface area contributed by atoms with Gasteiger partial charge in [-0.3, -0.25) is 9.59 Å². The van der Waals surface area contributed by atoms with Gasteiger partial charge in [-0.2, -0.15) is 0 Å². The Bertz CT molecular complexity index is 1480. The Morgan fingerprint density at radius 3 is 2.60 bits per heavy atom. The molecule has 0 bridgehead atoms. The van der Waals surface area contributed by atoms with Crippen molar-refractivity contribution in [3.05, 3.63) is 46.8 Å². The van der Waals surface area contributed by atoms with Crippen LogP contribution in [0.2, 0.25) is 0 Å². The van der Waals surface area contributed by atoms with E-state index in [4.69, 9.17) is 18.9 Å². The number of allylic oxidation sites excluding steroid dienone is 2. The first kappa shape index (κ1) is 21.3. The number of likely N-dealkylation sites (tertiary alicyclic amines) is 1. The van der Waals surface area contributed by atoms with Gasteiger partial charge >= 0.3 is 5.97 Å². The number of fused-ring (bicyclic) bond motifs is 2. The molecule has 1 saturated carbocycles. The highest BCUT2D eigenvalue weighted by Gasteiger charge is 2.68. The third-order valence-electron chi connectivity index (χ3n) is 7.24. The number of nitrogens with zero attached hydrogens (tertiary/aromatic N) is 2. The molecule has 1 aliphatic heterocycles. The SMILES string of the molecule is COC(=O)c1nc2c([nH]1)[C@]13C[C@@H]1CN(C(=O)c1c[nH]c4c(OC)c(OC)c(OC)cc14)C3=CC2=O. The first-order chi connectivity index (χ1) is 16.9. The second kappa shape index (κ2) is 7.11. The molecule has 11 heteroatoms. The summed E-state index contributed by atoms with van der Waals surface area (Å²) in [7, 11) is 5.79. The number of aromatic nitrogens is 3. The van der Waals surface area contributed by atoms with Gasteiger partial charge in [0.05, 0.1) is 50.6 Å². The van der Waals surface area contributed by atoms with Crippen LogP contribution in [0.5, 0.6) is 17.2 Å². The van der Waals surface area contributed by atoms with E-state index in [0.29, 0.717) is 51.7 Å². The molecular formula is C24H22N4O7. The molecule has 0 unspecified atom stereocenters. The molecule has 2 aromatic heterocycles. The number of nitrogens with one attached hydrogen (secondary N) is 2. The Balaban J connectivity index is 1.42. The van der Waals surface area contributed by atoms with Gasteiger partial charge in [0.15, 0.2) is 11.5 Å². The van der Waals surface area contributed by atoms with Crippen molar-refractivity contribution in [3.8, 4) is 17.2 Å². The first-order valence-corrected chi connectivity index (χ1v) is 11.0. The van der Waals surface area contributed by atoms with Crippen LogP contribution >= 0.6 is 0 Å². The second-order valence-electron chi connectivity index (χ2n) is 8.75. The van der Waals surface area contributed by atoms with Crippen LogP contribution in [0.4, 0.5) is 0 Å². The number of hydrogen-bond donors (Lipinski definition) is 2. The summed E-state index contributed by atoms with van der Waals surface area (Å²) in [6, 6.07) is 1.73. The van der Waals surface area contributed by atoms with Crippen molar-refractivity contribution in [2.24, 2.45) is 5.92 Å². The van der Waals surface area contributed by atoms with Crippen molar-refractivity contribution < 1.29 is 33.3 Å². The Hall–Kier alpha value is -4.28. The van der Waals surface area contributed by atoms with Crippen LogP contribution in [0, 0.1) is 5.92 Å². The normalized spacial score (nSPS) is 21.7. The summed E-state index contributed by atoms with van der Waals surface area (Å²) in [6.45, 7) is 0.445. The quantitative estimate of drug-likeness (QED) is 0.533. The van der Waals surface area contributed by atoms with E-state index in [-0.39, 0.29) is 29.1 Å². The molecule has 1 saturated heterocycles. The van der Waals surface area contributed by atoms with E-state index in [1.807, 2.05) is 0 Å². The van der Waals surface area contributed by atoms with Gasteiger partial charge in [-0.05, 0) is 18.4 Å². The van der Waals surface area contributed by atoms with Gasteiger partial charge in [-0.25, -0.2) is 9.78 Å². The van der Waals surface area contributed by atoms with E-state index in [0.717, 1.165) is 6.42 Å². The predicted molar refractivity (Wildman–Crippen MR) is 121 cm³/mol. The highest BCUT2D eigenvalue weighted by molar-refractivity contribution is 6.12. The number of benzene rings is 1. The molecule has 0 radical (unpaired) electrons. The average molecular weight is 478 g/mol. The van der Waals surface area contributed by atoms with Gasteiger partial charge in [0.2, 0.25) is 17.4 Å². The van der Waals surface area contributed by atoms with Crippen molar-refractivity contribution in [1.82, 2.24) is 19.9 Å². The molecular weight excluding hydrogens is 456 g/mol. The van der Waals surface area contributed by atoms with Crippen molar-refractivity contribution in [1.29, 1.82) is 0 Å². The largest absolute Gasteiger partial charge is 0.493 e. The molecule has 1 aromatic carbocycles. The zero-order valence-electron chi connectivity index (χ0n) is 19.5. The van der Waals surface area contributed by atoms with Crippen LogP contribution in [-0.2, 0) is 10.2 Å². The Morgan fingerprint density at radius 1 is 1.14 bits per heavy atom. The number of ether oxygens (including phenoxy) is 4. The van der Waals surface area contributed by atoms with Gasteiger partial charge in [0, 0.05) is 29.9 Å². The van der Waals surface area contributed by atoms with Crippen LogP contribution in [0.1, 0.15) is 43.6 Å². The van der Waals surface area contributed by atoms with E-state index in [1.54, 1.807) is 17.2 Å². The monoisotopic (exact) mass is 478 g/mol. The first-order valence-electron chi connectivity index (χ1n) is 11.0. The number of carbonyl (C=O) groups is 3. The summed E-state index contributed by atoms with van der Waals surface area (Å²) in [5, 5.41) is 0.608. The van der Waals surface area contributed by atoms with Gasteiger partial charge in [0.1, 0.15) is 5.69 Å². The predicted octanol–water partition coefficient (Wildman–Crippen LogP) is 2.20. The van der Waals surface area contributed by atoms with Crippen molar-refractivity contribution in [2.75, 3.05) is 35.0 Å². The van der Waals surface area contributed by atoms with E-state index in [9.17, 15) is 14.4 Å². The number of carbonyl (C=O) groups excluding carboxylic acids is 3. The smallest absolute Gasteiger partial charge is 0.374 e. The summed E-state index contributed by atoms with van der Waals surface area (Å²) in [6.07, 6.45) is 3.85. The number of H-pyrrole nitrogens is 2. The zero-order chi connectivity index (χ0) is 24.6. The zero-order valence-corrected chi connectivity index (χ0v) is 19.5. The number of esters is 1. The fourth-order valence-electron chi connectivity index (χ4n) is 5.57. The number of imidazole rings is 1. The molecule has 180 valence electrons.